The number of pyridine rings is 1. The largest absolute Gasteiger partial charge is 0.481 e. The minimum atomic E-state index is -2.97. The number of alkyl halides is 2. The van der Waals surface area contributed by atoms with E-state index < -0.39 is 29.5 Å². The minimum Gasteiger partial charge on any atom is -0.481 e. The summed E-state index contributed by atoms with van der Waals surface area (Å²) in [6.07, 6.45) is -2.68. The number of carbonyl (C=O) groups is 1. The summed E-state index contributed by atoms with van der Waals surface area (Å²) in [5, 5.41) is 16.7. The lowest BCUT2D eigenvalue weighted by Gasteiger charge is -2.09. The second kappa shape index (κ2) is 4.86. The molecule has 0 aliphatic rings. The number of rotatable bonds is 3. The zero-order valence-electron chi connectivity index (χ0n) is 7.75. The van der Waals surface area contributed by atoms with Gasteiger partial charge in [0.05, 0.1) is 17.5 Å². The van der Waals surface area contributed by atoms with E-state index in [2.05, 4.69) is 4.98 Å². The van der Waals surface area contributed by atoms with Crippen LogP contribution in [0, 0.1) is 11.3 Å². The Morgan fingerprint density at radius 3 is 2.75 bits per heavy atom. The van der Waals surface area contributed by atoms with E-state index in [1.54, 1.807) is 6.07 Å². The van der Waals surface area contributed by atoms with Crippen molar-refractivity contribution in [1.29, 1.82) is 5.26 Å². The summed E-state index contributed by atoms with van der Waals surface area (Å²) >= 11 is 5.44. The third kappa shape index (κ3) is 2.44. The summed E-state index contributed by atoms with van der Waals surface area (Å²) < 4.78 is 25.3. The molecule has 84 valence electrons. The first-order valence-electron chi connectivity index (χ1n) is 4.04. The van der Waals surface area contributed by atoms with E-state index in [0.717, 1.165) is 6.20 Å². The van der Waals surface area contributed by atoms with Gasteiger partial charge in [-0.15, -0.1) is 0 Å². The van der Waals surface area contributed by atoms with E-state index in [-0.39, 0.29) is 11.1 Å². The number of nitriles is 1. The highest BCUT2D eigenvalue weighted by molar-refractivity contribution is 6.30. The van der Waals surface area contributed by atoms with Crippen LogP contribution in [0.15, 0.2) is 6.20 Å². The summed E-state index contributed by atoms with van der Waals surface area (Å²) in [6.45, 7) is 0. The fraction of sp³-hybridized carbons (Fsp3) is 0.222. The molecular formula is C9H5ClF2N2O2. The van der Waals surface area contributed by atoms with Crippen LogP contribution in [0.2, 0.25) is 5.15 Å². The zero-order chi connectivity index (χ0) is 12.3. The molecule has 1 N–H and O–H groups in total. The molecule has 0 fully saturated rings. The number of nitrogens with zero attached hydrogens (tertiary/aromatic N) is 2. The van der Waals surface area contributed by atoms with Crippen molar-refractivity contribution < 1.29 is 18.7 Å². The van der Waals surface area contributed by atoms with Gasteiger partial charge in [-0.3, -0.25) is 4.79 Å². The summed E-state index contributed by atoms with van der Waals surface area (Å²) in [4.78, 5) is 13.9. The van der Waals surface area contributed by atoms with Crippen molar-refractivity contribution >= 4 is 17.6 Å². The van der Waals surface area contributed by atoms with Gasteiger partial charge in [-0.05, 0) is 5.56 Å². The quantitative estimate of drug-likeness (QED) is 0.830. The Morgan fingerprint density at radius 1 is 1.69 bits per heavy atom. The standard InChI is InChI=1S/C9H5ClF2N2O2/c10-8-7(9(11)12)5(1-6(15)16)4(2-13)3-14-8/h3,9H,1H2,(H,15,16). The third-order valence-electron chi connectivity index (χ3n) is 1.85. The fourth-order valence-electron chi connectivity index (χ4n) is 1.20. The molecule has 16 heavy (non-hydrogen) atoms. The molecule has 0 atom stereocenters. The second-order valence-corrected chi connectivity index (χ2v) is 3.20. The van der Waals surface area contributed by atoms with Crippen molar-refractivity contribution in [2.75, 3.05) is 0 Å². The van der Waals surface area contributed by atoms with Crippen LogP contribution in [0.5, 0.6) is 0 Å². The van der Waals surface area contributed by atoms with Crippen molar-refractivity contribution in [2.45, 2.75) is 12.8 Å². The second-order valence-electron chi connectivity index (χ2n) is 2.84. The molecule has 0 amide bonds. The molecule has 0 aromatic carbocycles. The summed E-state index contributed by atoms with van der Waals surface area (Å²) in [5.41, 5.74) is -1.18. The first kappa shape index (κ1) is 12.3. The van der Waals surface area contributed by atoms with Gasteiger partial charge in [-0.25, -0.2) is 13.8 Å². The van der Waals surface area contributed by atoms with Crippen molar-refractivity contribution in [3.8, 4) is 6.07 Å². The van der Waals surface area contributed by atoms with Crippen LogP contribution in [-0.4, -0.2) is 16.1 Å². The maximum absolute atomic E-state index is 12.6. The lowest BCUT2D eigenvalue weighted by Crippen LogP contribution is -2.08. The van der Waals surface area contributed by atoms with Crippen LogP contribution in [0.25, 0.3) is 0 Å². The molecule has 0 saturated carbocycles. The average Bonchev–Trinajstić information content (AvgIpc) is 2.16. The maximum Gasteiger partial charge on any atom is 0.307 e. The number of aliphatic carboxylic acids is 1. The molecule has 0 saturated heterocycles. The average molecular weight is 247 g/mol. The molecule has 1 rings (SSSR count). The van der Waals surface area contributed by atoms with E-state index in [1.165, 1.54) is 0 Å². The van der Waals surface area contributed by atoms with E-state index in [9.17, 15) is 13.6 Å². The van der Waals surface area contributed by atoms with Gasteiger partial charge in [0.15, 0.2) is 0 Å². The van der Waals surface area contributed by atoms with Crippen molar-refractivity contribution in [1.82, 2.24) is 4.98 Å². The number of hydrogen-bond acceptors (Lipinski definition) is 3. The van der Waals surface area contributed by atoms with Crippen molar-refractivity contribution in [3.63, 3.8) is 0 Å². The van der Waals surface area contributed by atoms with Gasteiger partial charge < -0.3 is 5.11 Å². The van der Waals surface area contributed by atoms with Gasteiger partial charge in [0.2, 0.25) is 0 Å². The van der Waals surface area contributed by atoms with E-state index in [1.807, 2.05) is 0 Å². The third-order valence-corrected chi connectivity index (χ3v) is 2.15. The Bertz CT molecular complexity index is 471. The van der Waals surface area contributed by atoms with Crippen LogP contribution < -0.4 is 0 Å². The van der Waals surface area contributed by atoms with Crippen LogP contribution in [0.1, 0.15) is 23.1 Å². The molecule has 0 spiro atoms. The molecule has 0 aliphatic carbocycles. The predicted octanol–water partition coefficient (Wildman–Crippen LogP) is 2.17. The zero-order valence-corrected chi connectivity index (χ0v) is 8.50. The molecule has 0 unspecified atom stereocenters. The lowest BCUT2D eigenvalue weighted by atomic mass is 10.0. The molecule has 4 nitrogen and oxygen atoms in total. The summed E-state index contributed by atoms with van der Waals surface area (Å²) in [6, 6.07) is 1.61. The Labute approximate surface area is 94.1 Å². The Balaban J connectivity index is 3.43. The van der Waals surface area contributed by atoms with Crippen LogP contribution >= 0.6 is 11.6 Å². The Kier molecular flexibility index (Phi) is 3.74. The van der Waals surface area contributed by atoms with E-state index in [4.69, 9.17) is 22.0 Å². The maximum atomic E-state index is 12.6. The Hall–Kier alpha value is -1.74. The summed E-state index contributed by atoms with van der Waals surface area (Å²) in [5.74, 6) is -1.32. The smallest absolute Gasteiger partial charge is 0.307 e. The highest BCUT2D eigenvalue weighted by Crippen LogP contribution is 2.30. The summed E-state index contributed by atoms with van der Waals surface area (Å²) in [7, 11) is 0. The molecule has 0 radical (unpaired) electrons. The lowest BCUT2D eigenvalue weighted by molar-refractivity contribution is -0.136. The van der Waals surface area contributed by atoms with Gasteiger partial charge >= 0.3 is 5.97 Å². The molecule has 1 aromatic rings. The van der Waals surface area contributed by atoms with Gasteiger partial charge in [0.25, 0.3) is 6.43 Å². The van der Waals surface area contributed by atoms with Crippen molar-refractivity contribution in [3.05, 3.63) is 28.0 Å². The van der Waals surface area contributed by atoms with Gasteiger partial charge in [0, 0.05) is 6.20 Å². The number of hydrogen-bond donors (Lipinski definition) is 1. The fourth-order valence-corrected chi connectivity index (χ4v) is 1.44. The number of carboxylic acids is 1. The molecule has 1 heterocycles. The van der Waals surface area contributed by atoms with Gasteiger partial charge in [-0.2, -0.15) is 5.26 Å². The van der Waals surface area contributed by atoms with Gasteiger partial charge in [0.1, 0.15) is 11.2 Å². The number of halogens is 3. The topological polar surface area (TPSA) is 74.0 Å². The minimum absolute atomic E-state index is 0.206. The van der Waals surface area contributed by atoms with Crippen LogP contribution in [0.4, 0.5) is 8.78 Å². The van der Waals surface area contributed by atoms with Crippen LogP contribution in [-0.2, 0) is 11.2 Å². The normalized spacial score (nSPS) is 10.2. The first-order chi connectivity index (χ1) is 7.47. The number of carboxylic acid groups (broad SMARTS) is 1. The molecular weight excluding hydrogens is 242 g/mol. The van der Waals surface area contributed by atoms with E-state index in [0.29, 0.717) is 0 Å². The Morgan fingerprint density at radius 2 is 2.31 bits per heavy atom. The molecule has 0 aliphatic heterocycles. The first-order valence-corrected chi connectivity index (χ1v) is 4.42. The SMILES string of the molecule is N#Cc1cnc(Cl)c(C(F)F)c1CC(=O)O. The van der Waals surface area contributed by atoms with E-state index >= 15 is 0 Å². The van der Waals surface area contributed by atoms with Crippen LogP contribution in [0.3, 0.4) is 0 Å². The monoisotopic (exact) mass is 246 g/mol. The molecule has 0 bridgehead atoms. The molecule has 1 aromatic heterocycles. The van der Waals surface area contributed by atoms with Crippen molar-refractivity contribution in [2.24, 2.45) is 0 Å². The number of aromatic nitrogens is 1. The molecule has 7 heteroatoms. The van der Waals surface area contributed by atoms with Gasteiger partial charge in [-0.1, -0.05) is 11.6 Å². The highest BCUT2D eigenvalue weighted by atomic mass is 35.5. The highest BCUT2D eigenvalue weighted by Gasteiger charge is 2.22. The predicted molar refractivity (Wildman–Crippen MR) is 50.3 cm³/mol.